The summed E-state index contributed by atoms with van der Waals surface area (Å²) in [7, 11) is 0. The van der Waals surface area contributed by atoms with Crippen LogP contribution < -0.4 is 0 Å². The number of aliphatic hydroxyl groups is 1. The van der Waals surface area contributed by atoms with Crippen molar-refractivity contribution in [2.24, 2.45) is 5.92 Å². The second-order valence-corrected chi connectivity index (χ2v) is 8.09. The lowest BCUT2D eigenvalue weighted by Gasteiger charge is -2.34. The second-order valence-electron chi connectivity index (χ2n) is 8.09. The van der Waals surface area contributed by atoms with E-state index in [0.29, 0.717) is 43.1 Å². The van der Waals surface area contributed by atoms with Crippen molar-refractivity contribution in [1.29, 1.82) is 0 Å². The number of aromatic nitrogens is 4. The van der Waals surface area contributed by atoms with E-state index in [-0.39, 0.29) is 17.6 Å². The summed E-state index contributed by atoms with van der Waals surface area (Å²) >= 11 is 0. The van der Waals surface area contributed by atoms with Gasteiger partial charge in [-0.3, -0.25) is 9.20 Å². The van der Waals surface area contributed by atoms with Crippen LogP contribution in [0.5, 0.6) is 0 Å². The minimum Gasteiger partial charge on any atom is -0.380 e. The maximum Gasteiger partial charge on any atom is 0.254 e. The summed E-state index contributed by atoms with van der Waals surface area (Å²) in [4.78, 5) is 27.6. The number of amides is 1. The van der Waals surface area contributed by atoms with E-state index >= 15 is 0 Å². The van der Waals surface area contributed by atoms with E-state index in [4.69, 9.17) is 0 Å². The highest BCUT2D eigenvalue weighted by Gasteiger charge is 2.50. The topological polar surface area (TPSA) is 83.6 Å². The Morgan fingerprint density at radius 1 is 1.28 bits per heavy atom. The zero-order valence-electron chi connectivity index (χ0n) is 16.0. The monoisotopic (exact) mass is 395 g/mol. The fourth-order valence-electron chi connectivity index (χ4n) is 4.09. The number of hydrogen-bond acceptors (Lipinski definition) is 5. The van der Waals surface area contributed by atoms with Crippen molar-refractivity contribution < 1.29 is 14.3 Å². The van der Waals surface area contributed by atoms with Crippen molar-refractivity contribution in [1.82, 2.24) is 24.3 Å². The average molecular weight is 395 g/mol. The second kappa shape index (κ2) is 6.88. The maximum absolute atomic E-state index is 13.6. The summed E-state index contributed by atoms with van der Waals surface area (Å²) in [5, 5.41) is 10.1. The number of fused-ring (bicyclic) bond motifs is 1. The van der Waals surface area contributed by atoms with Crippen LogP contribution in [0.4, 0.5) is 4.39 Å². The summed E-state index contributed by atoms with van der Waals surface area (Å²) in [5.41, 5.74) is 1.04. The molecule has 29 heavy (non-hydrogen) atoms. The van der Waals surface area contributed by atoms with Gasteiger partial charge in [-0.15, -0.1) is 0 Å². The van der Waals surface area contributed by atoms with Crippen LogP contribution in [0, 0.1) is 11.7 Å². The molecule has 1 aliphatic carbocycles. The summed E-state index contributed by atoms with van der Waals surface area (Å²) in [6, 6.07) is 4.87. The van der Waals surface area contributed by atoms with Gasteiger partial charge in [-0.05, 0) is 56.2 Å². The zero-order chi connectivity index (χ0) is 20.0. The molecule has 0 unspecified atom stereocenters. The average Bonchev–Trinajstić information content (AvgIpc) is 3.34. The number of carbonyl (C=O) groups excluding carboxylic acids is 1. The van der Waals surface area contributed by atoms with Gasteiger partial charge in [-0.1, -0.05) is 0 Å². The van der Waals surface area contributed by atoms with E-state index in [9.17, 15) is 14.3 Å². The lowest BCUT2D eigenvalue weighted by atomic mass is 9.93. The standard InChI is InChI=1S/C21H22FN5O2/c22-15-3-4-18-24-11-17(27(18)13-15)19-23-8-5-16(25-19)10-14-2-1-9-26(12-14)20(28)21(29)6-7-21/h3-5,8,11,13-14,29H,1-2,6-7,9-10,12H2/t14-/m0/s1. The third-order valence-corrected chi connectivity index (χ3v) is 5.84. The first kappa shape index (κ1) is 18.2. The number of nitrogens with zero attached hydrogens (tertiary/aromatic N) is 5. The van der Waals surface area contributed by atoms with Crippen LogP contribution in [0.2, 0.25) is 0 Å². The van der Waals surface area contributed by atoms with Crippen molar-refractivity contribution in [2.75, 3.05) is 13.1 Å². The maximum atomic E-state index is 13.6. The first-order valence-corrected chi connectivity index (χ1v) is 9.98. The number of hydrogen-bond donors (Lipinski definition) is 1. The van der Waals surface area contributed by atoms with E-state index in [0.717, 1.165) is 25.0 Å². The molecule has 8 heteroatoms. The molecule has 7 nitrogen and oxygen atoms in total. The van der Waals surface area contributed by atoms with Gasteiger partial charge in [0.05, 0.1) is 6.20 Å². The summed E-state index contributed by atoms with van der Waals surface area (Å²) in [6.45, 7) is 1.35. The lowest BCUT2D eigenvalue weighted by Crippen LogP contribution is -2.46. The van der Waals surface area contributed by atoms with Gasteiger partial charge >= 0.3 is 0 Å². The van der Waals surface area contributed by atoms with Crippen molar-refractivity contribution in [3.05, 3.63) is 48.3 Å². The predicted molar refractivity (Wildman–Crippen MR) is 103 cm³/mol. The van der Waals surface area contributed by atoms with Gasteiger partial charge in [0.1, 0.15) is 22.8 Å². The molecule has 0 radical (unpaired) electrons. The molecule has 1 saturated heterocycles. The smallest absolute Gasteiger partial charge is 0.254 e. The molecule has 1 amide bonds. The minimum absolute atomic E-state index is 0.127. The van der Waals surface area contributed by atoms with Crippen LogP contribution >= 0.6 is 0 Å². The number of pyridine rings is 1. The number of piperidine rings is 1. The molecule has 3 aromatic heterocycles. The van der Waals surface area contributed by atoms with Crippen molar-refractivity contribution in [3.8, 4) is 11.5 Å². The van der Waals surface area contributed by atoms with Crippen LogP contribution in [0.3, 0.4) is 0 Å². The van der Waals surface area contributed by atoms with Crippen LogP contribution in [0.1, 0.15) is 31.4 Å². The highest BCUT2D eigenvalue weighted by atomic mass is 19.1. The van der Waals surface area contributed by atoms with E-state index in [1.165, 1.54) is 12.3 Å². The van der Waals surface area contributed by atoms with Gasteiger partial charge in [0, 0.05) is 31.2 Å². The Labute approximate surface area is 167 Å². The molecule has 3 aromatic rings. The van der Waals surface area contributed by atoms with E-state index in [1.807, 2.05) is 6.07 Å². The largest absolute Gasteiger partial charge is 0.380 e. The molecular formula is C21H22FN5O2. The number of rotatable bonds is 4. The van der Waals surface area contributed by atoms with Crippen LogP contribution in [-0.2, 0) is 11.2 Å². The molecule has 150 valence electrons. The number of imidazole rings is 1. The zero-order valence-corrected chi connectivity index (χ0v) is 16.0. The Kier molecular flexibility index (Phi) is 4.31. The van der Waals surface area contributed by atoms with Gasteiger partial charge in [0.2, 0.25) is 0 Å². The fourth-order valence-corrected chi connectivity index (χ4v) is 4.09. The number of halogens is 1. The Hall–Kier alpha value is -2.87. The molecule has 0 bridgehead atoms. The van der Waals surface area contributed by atoms with E-state index in [1.54, 1.807) is 27.8 Å². The first-order valence-electron chi connectivity index (χ1n) is 9.98. The van der Waals surface area contributed by atoms with Crippen molar-refractivity contribution in [3.63, 3.8) is 0 Å². The number of carbonyl (C=O) groups is 1. The molecule has 4 heterocycles. The van der Waals surface area contributed by atoms with E-state index < -0.39 is 5.60 Å². The van der Waals surface area contributed by atoms with Gasteiger partial charge < -0.3 is 10.0 Å². The van der Waals surface area contributed by atoms with Gasteiger partial charge in [0.15, 0.2) is 5.82 Å². The SMILES string of the molecule is O=C(N1CCC[C@@H](Cc2ccnc(-c3cnc4ccc(F)cn34)n2)C1)C1(O)CC1. The molecule has 0 spiro atoms. The molecule has 5 rings (SSSR count). The van der Waals surface area contributed by atoms with Crippen molar-refractivity contribution >= 4 is 11.6 Å². The third-order valence-electron chi connectivity index (χ3n) is 5.84. The highest BCUT2D eigenvalue weighted by molar-refractivity contribution is 5.87. The molecule has 1 N–H and O–H groups in total. The lowest BCUT2D eigenvalue weighted by molar-refractivity contribution is -0.144. The van der Waals surface area contributed by atoms with Gasteiger partial charge in [-0.25, -0.2) is 19.3 Å². The quantitative estimate of drug-likeness (QED) is 0.733. The van der Waals surface area contributed by atoms with Crippen LogP contribution in [-0.4, -0.2) is 54.0 Å². The van der Waals surface area contributed by atoms with Gasteiger partial charge in [0.25, 0.3) is 5.91 Å². The first-order chi connectivity index (χ1) is 14.0. The Morgan fingerprint density at radius 2 is 2.14 bits per heavy atom. The summed E-state index contributed by atoms with van der Waals surface area (Å²) < 4.78 is 15.3. The molecule has 0 aromatic carbocycles. The highest BCUT2D eigenvalue weighted by Crippen LogP contribution is 2.38. The fraction of sp³-hybridized carbons (Fsp3) is 0.429. The minimum atomic E-state index is -1.11. The molecule has 1 aliphatic heterocycles. The Morgan fingerprint density at radius 3 is 2.97 bits per heavy atom. The van der Waals surface area contributed by atoms with Gasteiger partial charge in [-0.2, -0.15) is 0 Å². The summed E-state index contributed by atoms with van der Waals surface area (Å²) in [5.74, 6) is 0.310. The molecule has 1 saturated carbocycles. The normalized spacial score (nSPS) is 20.8. The predicted octanol–water partition coefficient (Wildman–Crippen LogP) is 2.24. The van der Waals surface area contributed by atoms with Crippen molar-refractivity contribution in [2.45, 2.75) is 37.7 Å². The molecule has 2 fully saturated rings. The Bertz CT molecular complexity index is 1080. The molecular weight excluding hydrogens is 373 g/mol. The molecule has 2 aliphatic rings. The third kappa shape index (κ3) is 3.48. The molecule has 1 atom stereocenters. The Balaban J connectivity index is 1.34. The summed E-state index contributed by atoms with van der Waals surface area (Å²) in [6.07, 6.45) is 8.54. The van der Waals surface area contributed by atoms with Crippen LogP contribution in [0.15, 0.2) is 36.8 Å². The number of likely N-dealkylation sites (tertiary alicyclic amines) is 1. The van der Waals surface area contributed by atoms with Crippen LogP contribution in [0.25, 0.3) is 17.2 Å². The van der Waals surface area contributed by atoms with E-state index in [2.05, 4.69) is 15.0 Å².